The van der Waals surface area contributed by atoms with Crippen LogP contribution in [0.2, 0.25) is 0 Å². The Bertz CT molecular complexity index is 1090. The summed E-state index contributed by atoms with van der Waals surface area (Å²) in [5, 5.41) is 3.34. The number of aromatic nitrogens is 1. The zero-order valence-electron chi connectivity index (χ0n) is 16.0. The van der Waals surface area contributed by atoms with Gasteiger partial charge in [0.15, 0.2) is 0 Å². The molecular weight excluding hydrogens is 384 g/mol. The molecule has 8 heteroatoms. The van der Waals surface area contributed by atoms with E-state index < -0.39 is 23.4 Å². The lowest BCUT2D eigenvalue weighted by atomic mass is 9.92. The van der Waals surface area contributed by atoms with E-state index in [9.17, 15) is 14.4 Å². The molecule has 0 saturated carbocycles. The van der Waals surface area contributed by atoms with Gasteiger partial charge in [0.25, 0.3) is 11.8 Å². The van der Waals surface area contributed by atoms with E-state index in [0.29, 0.717) is 22.1 Å². The summed E-state index contributed by atoms with van der Waals surface area (Å²) in [6.45, 7) is 1.60. The maximum absolute atomic E-state index is 12.9. The molecule has 150 valence electrons. The van der Waals surface area contributed by atoms with E-state index in [1.54, 1.807) is 67.8 Å². The van der Waals surface area contributed by atoms with E-state index in [1.807, 2.05) is 6.07 Å². The summed E-state index contributed by atoms with van der Waals surface area (Å²) in [5.41, 5.74) is 2.00. The van der Waals surface area contributed by atoms with Gasteiger partial charge in [-0.25, -0.2) is 4.79 Å². The van der Waals surface area contributed by atoms with Crippen molar-refractivity contribution in [3.05, 3.63) is 90.3 Å². The predicted molar refractivity (Wildman–Crippen MR) is 107 cm³/mol. The van der Waals surface area contributed by atoms with Gasteiger partial charge in [-0.05, 0) is 48.9 Å². The third-order valence-electron chi connectivity index (χ3n) is 4.74. The van der Waals surface area contributed by atoms with Gasteiger partial charge < -0.3 is 10.1 Å². The largest absolute Gasteiger partial charge is 0.456 e. The number of amides is 4. The number of hydrogen-bond donors (Lipinski definition) is 2. The third-order valence-corrected chi connectivity index (χ3v) is 4.74. The van der Waals surface area contributed by atoms with Crippen LogP contribution in [0.5, 0.6) is 11.5 Å². The first-order valence-electron chi connectivity index (χ1n) is 9.18. The molecule has 3 aromatic rings. The van der Waals surface area contributed by atoms with Crippen molar-refractivity contribution in [3.8, 4) is 11.5 Å². The fourth-order valence-corrected chi connectivity index (χ4v) is 3.09. The molecule has 0 bridgehead atoms. The van der Waals surface area contributed by atoms with Crippen LogP contribution in [0.3, 0.4) is 0 Å². The second-order valence-corrected chi connectivity index (χ2v) is 6.82. The number of urea groups is 1. The van der Waals surface area contributed by atoms with Gasteiger partial charge in [0.1, 0.15) is 17.0 Å². The smallest absolute Gasteiger partial charge is 0.344 e. The van der Waals surface area contributed by atoms with Crippen LogP contribution in [0.25, 0.3) is 0 Å². The number of hydrogen-bond acceptors (Lipinski definition) is 5. The second-order valence-electron chi connectivity index (χ2n) is 6.82. The Balaban J connectivity index is 1.46. The van der Waals surface area contributed by atoms with Crippen LogP contribution in [-0.4, -0.2) is 27.8 Å². The van der Waals surface area contributed by atoms with Crippen molar-refractivity contribution < 1.29 is 19.1 Å². The molecule has 8 nitrogen and oxygen atoms in total. The number of ether oxygens (including phenoxy) is 1. The SMILES string of the molecule is CC1(c2ccccc2)NC(=O)N(NC(=O)c2ccc(Oc3cccnc3)cc2)C1=O. The third kappa shape index (κ3) is 3.58. The van der Waals surface area contributed by atoms with Crippen LogP contribution in [0, 0.1) is 0 Å². The molecule has 4 rings (SSSR count). The van der Waals surface area contributed by atoms with Gasteiger partial charge >= 0.3 is 6.03 Å². The average molecular weight is 402 g/mol. The summed E-state index contributed by atoms with van der Waals surface area (Å²) in [6.07, 6.45) is 3.21. The quantitative estimate of drug-likeness (QED) is 0.639. The number of carbonyl (C=O) groups excluding carboxylic acids is 3. The number of imide groups is 1. The summed E-state index contributed by atoms with van der Waals surface area (Å²) >= 11 is 0. The molecule has 4 amide bonds. The standard InChI is InChI=1S/C22H18N4O4/c1-22(16-6-3-2-4-7-16)20(28)26(21(29)24-22)25-19(27)15-9-11-17(12-10-15)30-18-8-5-13-23-14-18/h2-14H,1H3,(H,24,29)(H,25,27). The molecule has 1 aliphatic rings. The van der Waals surface area contributed by atoms with E-state index in [4.69, 9.17) is 4.74 Å². The minimum absolute atomic E-state index is 0.266. The Kier molecular flexibility index (Phi) is 4.89. The van der Waals surface area contributed by atoms with Crippen LogP contribution in [0.15, 0.2) is 79.1 Å². The van der Waals surface area contributed by atoms with Crippen molar-refractivity contribution in [2.45, 2.75) is 12.5 Å². The van der Waals surface area contributed by atoms with Crippen LogP contribution in [0.1, 0.15) is 22.8 Å². The van der Waals surface area contributed by atoms with E-state index >= 15 is 0 Å². The van der Waals surface area contributed by atoms with Crippen molar-refractivity contribution in [2.24, 2.45) is 0 Å². The van der Waals surface area contributed by atoms with Gasteiger partial charge in [-0.1, -0.05) is 30.3 Å². The Morgan fingerprint density at radius 2 is 1.73 bits per heavy atom. The van der Waals surface area contributed by atoms with Crippen molar-refractivity contribution in [1.29, 1.82) is 0 Å². The van der Waals surface area contributed by atoms with Crippen molar-refractivity contribution in [2.75, 3.05) is 0 Å². The molecule has 2 heterocycles. The Hall–Kier alpha value is -4.20. The highest BCUT2D eigenvalue weighted by Crippen LogP contribution is 2.28. The summed E-state index contributed by atoms with van der Waals surface area (Å²) in [6, 6.07) is 18.0. The highest BCUT2D eigenvalue weighted by atomic mass is 16.5. The van der Waals surface area contributed by atoms with Crippen molar-refractivity contribution in [1.82, 2.24) is 20.7 Å². The fourth-order valence-electron chi connectivity index (χ4n) is 3.09. The normalized spacial score (nSPS) is 18.1. The fraction of sp³-hybridized carbons (Fsp3) is 0.0909. The summed E-state index contributed by atoms with van der Waals surface area (Å²) < 4.78 is 5.63. The molecule has 2 N–H and O–H groups in total. The van der Waals surface area contributed by atoms with Gasteiger partial charge in [0.05, 0.1) is 6.20 Å². The highest BCUT2D eigenvalue weighted by Gasteiger charge is 2.50. The molecule has 1 aliphatic heterocycles. The molecule has 1 atom stereocenters. The van der Waals surface area contributed by atoms with Crippen LogP contribution in [0.4, 0.5) is 4.79 Å². The van der Waals surface area contributed by atoms with Gasteiger partial charge in [-0.2, -0.15) is 5.01 Å². The van der Waals surface area contributed by atoms with Gasteiger partial charge in [0, 0.05) is 11.8 Å². The van der Waals surface area contributed by atoms with E-state index in [1.165, 1.54) is 12.1 Å². The minimum Gasteiger partial charge on any atom is -0.456 e. The number of nitrogens with one attached hydrogen (secondary N) is 2. The molecule has 1 saturated heterocycles. The number of rotatable bonds is 5. The zero-order valence-corrected chi connectivity index (χ0v) is 16.0. The molecule has 0 aliphatic carbocycles. The van der Waals surface area contributed by atoms with Crippen LogP contribution >= 0.6 is 0 Å². The van der Waals surface area contributed by atoms with Gasteiger partial charge in [-0.15, -0.1) is 0 Å². The van der Waals surface area contributed by atoms with E-state index in [0.717, 1.165) is 0 Å². The number of carbonyl (C=O) groups is 3. The lowest BCUT2D eigenvalue weighted by molar-refractivity contribution is -0.132. The first kappa shape index (κ1) is 19.1. The molecule has 1 fully saturated rings. The molecule has 0 spiro atoms. The molecule has 1 aromatic heterocycles. The number of pyridine rings is 1. The highest BCUT2D eigenvalue weighted by molar-refractivity contribution is 6.09. The predicted octanol–water partition coefficient (Wildman–Crippen LogP) is 2.99. The van der Waals surface area contributed by atoms with Crippen LogP contribution < -0.4 is 15.5 Å². The first-order valence-corrected chi connectivity index (χ1v) is 9.18. The first-order chi connectivity index (χ1) is 14.5. The molecule has 1 unspecified atom stereocenters. The maximum atomic E-state index is 12.9. The van der Waals surface area contributed by atoms with Crippen molar-refractivity contribution in [3.63, 3.8) is 0 Å². The topological polar surface area (TPSA) is 101 Å². The monoisotopic (exact) mass is 402 g/mol. The van der Waals surface area contributed by atoms with E-state index in [-0.39, 0.29) is 5.56 Å². The Morgan fingerprint density at radius 3 is 2.40 bits per heavy atom. The van der Waals surface area contributed by atoms with E-state index in [2.05, 4.69) is 15.7 Å². The molecule has 0 radical (unpaired) electrons. The molecule has 2 aromatic carbocycles. The number of benzene rings is 2. The van der Waals surface area contributed by atoms with Gasteiger partial charge in [0.2, 0.25) is 0 Å². The van der Waals surface area contributed by atoms with Crippen molar-refractivity contribution >= 4 is 17.8 Å². The van der Waals surface area contributed by atoms with Crippen LogP contribution in [-0.2, 0) is 10.3 Å². The minimum atomic E-state index is -1.26. The second kappa shape index (κ2) is 7.67. The Morgan fingerprint density at radius 1 is 1.00 bits per heavy atom. The summed E-state index contributed by atoms with van der Waals surface area (Å²) in [4.78, 5) is 41.8. The summed E-state index contributed by atoms with van der Waals surface area (Å²) in [5.74, 6) is -0.0762. The average Bonchev–Trinajstić information content (AvgIpc) is 2.99. The maximum Gasteiger partial charge on any atom is 0.344 e. The number of nitrogens with zero attached hydrogens (tertiary/aromatic N) is 2. The van der Waals surface area contributed by atoms with Gasteiger partial charge in [-0.3, -0.25) is 20.0 Å². The molecule has 30 heavy (non-hydrogen) atoms. The lowest BCUT2D eigenvalue weighted by Crippen LogP contribution is -2.47. The lowest BCUT2D eigenvalue weighted by Gasteiger charge is -2.22. The Labute approximate surface area is 172 Å². The number of hydrazine groups is 1. The zero-order chi connectivity index (χ0) is 21.1. The molecular formula is C22H18N4O4. The summed E-state index contributed by atoms with van der Waals surface area (Å²) in [7, 11) is 0.